The first-order valence-electron chi connectivity index (χ1n) is 6.31. The van der Waals surface area contributed by atoms with Crippen LogP contribution in [-0.2, 0) is 4.79 Å². The molecule has 18 heavy (non-hydrogen) atoms. The van der Waals surface area contributed by atoms with Gasteiger partial charge in [-0.25, -0.2) is 4.98 Å². The summed E-state index contributed by atoms with van der Waals surface area (Å²) in [4.78, 5) is 17.3. The van der Waals surface area contributed by atoms with Crippen LogP contribution < -0.4 is 11.1 Å². The summed E-state index contributed by atoms with van der Waals surface area (Å²) in [5.74, 6) is -0.238. The van der Waals surface area contributed by atoms with Crippen molar-refractivity contribution in [2.45, 2.75) is 31.8 Å². The van der Waals surface area contributed by atoms with Gasteiger partial charge in [0.1, 0.15) is 5.01 Å². The number of amides is 1. The maximum Gasteiger partial charge on any atom is 0.231 e. The van der Waals surface area contributed by atoms with E-state index in [0.717, 1.165) is 30.9 Å². The molecule has 0 spiro atoms. The number of nitrogens with one attached hydrogen (secondary N) is 1. The van der Waals surface area contributed by atoms with E-state index in [4.69, 9.17) is 5.73 Å². The third kappa shape index (κ3) is 3.76. The fourth-order valence-corrected chi connectivity index (χ4v) is 3.01. The molecule has 1 saturated heterocycles. The van der Waals surface area contributed by atoms with E-state index in [1.54, 1.807) is 11.3 Å². The number of hydrogen-bond acceptors (Lipinski definition) is 5. The highest BCUT2D eigenvalue weighted by molar-refractivity contribution is 7.09. The number of hydrogen-bond donors (Lipinski definition) is 2. The molecular weight excluding hydrogens is 248 g/mol. The standard InChI is InChI=1S/C12H20N4OS/c1-9(12-14-4-7-18-12)15-10-2-5-16(6-3-10)8-11(13)17/h4,7,9-10,15H,2-3,5-6,8H2,1H3,(H2,13,17). The number of primary amides is 1. The third-order valence-corrected chi connectivity index (χ3v) is 4.23. The van der Waals surface area contributed by atoms with Crippen molar-refractivity contribution in [3.8, 4) is 0 Å². The normalized spacial score (nSPS) is 19.8. The number of rotatable bonds is 5. The molecule has 1 unspecified atom stereocenters. The van der Waals surface area contributed by atoms with E-state index < -0.39 is 0 Å². The van der Waals surface area contributed by atoms with Crippen LogP contribution in [0.4, 0.5) is 0 Å². The molecule has 3 N–H and O–H groups in total. The van der Waals surface area contributed by atoms with E-state index in [0.29, 0.717) is 18.6 Å². The van der Waals surface area contributed by atoms with Gasteiger partial charge < -0.3 is 11.1 Å². The van der Waals surface area contributed by atoms with Crippen LogP contribution in [0, 0.1) is 0 Å². The van der Waals surface area contributed by atoms with Gasteiger partial charge in [0, 0.05) is 30.7 Å². The maximum absolute atomic E-state index is 10.8. The SMILES string of the molecule is CC(NC1CCN(CC(N)=O)CC1)c1nccs1. The molecule has 1 aliphatic heterocycles. The molecule has 0 saturated carbocycles. The number of piperidine rings is 1. The lowest BCUT2D eigenvalue weighted by Gasteiger charge is -2.32. The minimum absolute atomic E-state index is 0.238. The molecule has 6 heteroatoms. The minimum Gasteiger partial charge on any atom is -0.369 e. The van der Waals surface area contributed by atoms with Crippen LogP contribution in [0.15, 0.2) is 11.6 Å². The molecule has 0 bridgehead atoms. The van der Waals surface area contributed by atoms with Crippen molar-refractivity contribution in [3.63, 3.8) is 0 Å². The van der Waals surface area contributed by atoms with Crippen molar-refractivity contribution in [3.05, 3.63) is 16.6 Å². The zero-order valence-corrected chi connectivity index (χ0v) is 11.4. The summed E-state index contributed by atoms with van der Waals surface area (Å²) < 4.78 is 0. The van der Waals surface area contributed by atoms with E-state index in [-0.39, 0.29) is 5.91 Å². The van der Waals surface area contributed by atoms with Gasteiger partial charge in [-0.05, 0) is 19.8 Å². The molecule has 1 aromatic heterocycles. The highest BCUT2D eigenvalue weighted by Gasteiger charge is 2.22. The van der Waals surface area contributed by atoms with E-state index >= 15 is 0 Å². The second kappa shape index (κ2) is 6.26. The second-order valence-corrected chi connectivity index (χ2v) is 5.70. The van der Waals surface area contributed by atoms with E-state index in [9.17, 15) is 4.79 Å². The molecule has 0 aliphatic carbocycles. The Hall–Kier alpha value is -0.980. The lowest BCUT2D eigenvalue weighted by Crippen LogP contribution is -2.45. The van der Waals surface area contributed by atoms with Crippen LogP contribution in [0.2, 0.25) is 0 Å². The Labute approximate surface area is 111 Å². The maximum atomic E-state index is 10.8. The predicted molar refractivity (Wildman–Crippen MR) is 72.3 cm³/mol. The fourth-order valence-electron chi connectivity index (χ4n) is 2.35. The number of nitrogens with two attached hydrogens (primary N) is 1. The largest absolute Gasteiger partial charge is 0.369 e. The van der Waals surface area contributed by atoms with Crippen molar-refractivity contribution in [2.24, 2.45) is 5.73 Å². The smallest absolute Gasteiger partial charge is 0.231 e. The average molecular weight is 268 g/mol. The first kappa shape index (κ1) is 13.5. The van der Waals surface area contributed by atoms with Gasteiger partial charge in [-0.15, -0.1) is 11.3 Å². The van der Waals surface area contributed by atoms with Crippen LogP contribution in [0.25, 0.3) is 0 Å². The Kier molecular flexibility index (Phi) is 4.68. The number of carbonyl (C=O) groups excluding carboxylic acids is 1. The Morgan fingerprint density at radius 3 is 2.94 bits per heavy atom. The summed E-state index contributed by atoms with van der Waals surface area (Å²) >= 11 is 1.68. The molecule has 1 aromatic rings. The summed E-state index contributed by atoms with van der Waals surface area (Å²) in [5, 5.41) is 6.74. The molecule has 2 heterocycles. The summed E-state index contributed by atoms with van der Waals surface area (Å²) in [6.45, 7) is 4.40. The van der Waals surface area contributed by atoms with Crippen molar-refractivity contribution >= 4 is 17.2 Å². The van der Waals surface area contributed by atoms with Gasteiger partial charge in [0.05, 0.1) is 12.6 Å². The van der Waals surface area contributed by atoms with Crippen LogP contribution in [-0.4, -0.2) is 41.5 Å². The number of carbonyl (C=O) groups is 1. The van der Waals surface area contributed by atoms with Gasteiger partial charge in [-0.3, -0.25) is 9.69 Å². The quantitative estimate of drug-likeness (QED) is 0.826. The minimum atomic E-state index is -0.238. The summed E-state index contributed by atoms with van der Waals surface area (Å²) in [7, 11) is 0. The van der Waals surface area contributed by atoms with Crippen LogP contribution in [0.5, 0.6) is 0 Å². The van der Waals surface area contributed by atoms with E-state index in [2.05, 4.69) is 22.1 Å². The van der Waals surface area contributed by atoms with E-state index in [1.807, 2.05) is 11.6 Å². The molecule has 0 aromatic carbocycles. The Balaban J connectivity index is 1.75. The molecule has 1 amide bonds. The van der Waals surface area contributed by atoms with Crippen LogP contribution in [0.1, 0.15) is 30.8 Å². The zero-order chi connectivity index (χ0) is 13.0. The first-order valence-corrected chi connectivity index (χ1v) is 7.19. The second-order valence-electron chi connectivity index (χ2n) is 4.78. The highest BCUT2D eigenvalue weighted by atomic mass is 32.1. The van der Waals surface area contributed by atoms with Gasteiger partial charge in [0.15, 0.2) is 0 Å². The third-order valence-electron chi connectivity index (χ3n) is 3.27. The Morgan fingerprint density at radius 2 is 2.39 bits per heavy atom. The predicted octanol–water partition coefficient (Wildman–Crippen LogP) is 0.743. The highest BCUT2D eigenvalue weighted by Crippen LogP contribution is 2.18. The van der Waals surface area contributed by atoms with E-state index in [1.165, 1.54) is 0 Å². The molecule has 1 fully saturated rings. The molecule has 2 rings (SSSR count). The summed E-state index contributed by atoms with van der Waals surface area (Å²) in [5.41, 5.74) is 5.20. The summed E-state index contributed by atoms with van der Waals surface area (Å²) in [6, 6.07) is 0.811. The number of aromatic nitrogens is 1. The summed E-state index contributed by atoms with van der Waals surface area (Å²) in [6.07, 6.45) is 3.96. The first-order chi connectivity index (χ1) is 8.65. The molecule has 1 atom stereocenters. The van der Waals surface area contributed by atoms with Gasteiger partial charge >= 0.3 is 0 Å². The molecular formula is C12H20N4OS. The van der Waals surface area contributed by atoms with Crippen molar-refractivity contribution in [1.29, 1.82) is 0 Å². The van der Waals surface area contributed by atoms with Gasteiger partial charge in [-0.1, -0.05) is 0 Å². The van der Waals surface area contributed by atoms with Gasteiger partial charge in [0.25, 0.3) is 0 Å². The van der Waals surface area contributed by atoms with Gasteiger partial charge in [-0.2, -0.15) is 0 Å². The Morgan fingerprint density at radius 1 is 1.67 bits per heavy atom. The topological polar surface area (TPSA) is 71.2 Å². The lowest BCUT2D eigenvalue weighted by molar-refractivity contribution is -0.119. The molecule has 100 valence electrons. The van der Waals surface area contributed by atoms with Crippen LogP contribution in [0.3, 0.4) is 0 Å². The lowest BCUT2D eigenvalue weighted by atomic mass is 10.0. The van der Waals surface area contributed by atoms with Crippen molar-refractivity contribution < 1.29 is 4.79 Å². The fraction of sp³-hybridized carbons (Fsp3) is 0.667. The molecule has 5 nitrogen and oxygen atoms in total. The zero-order valence-electron chi connectivity index (χ0n) is 10.6. The number of thiazole rings is 1. The molecule has 0 radical (unpaired) electrons. The Bertz CT molecular complexity index is 373. The van der Waals surface area contributed by atoms with Crippen molar-refractivity contribution in [2.75, 3.05) is 19.6 Å². The number of nitrogens with zero attached hydrogens (tertiary/aromatic N) is 2. The molecule has 1 aliphatic rings. The number of likely N-dealkylation sites (tertiary alicyclic amines) is 1. The van der Waals surface area contributed by atoms with Gasteiger partial charge in [0.2, 0.25) is 5.91 Å². The monoisotopic (exact) mass is 268 g/mol. The average Bonchev–Trinajstić information content (AvgIpc) is 2.84. The van der Waals surface area contributed by atoms with Crippen LogP contribution >= 0.6 is 11.3 Å². The van der Waals surface area contributed by atoms with Crippen molar-refractivity contribution in [1.82, 2.24) is 15.2 Å².